The highest BCUT2D eigenvalue weighted by molar-refractivity contribution is 6.07. The Labute approximate surface area is 168 Å². The Morgan fingerprint density at radius 3 is 2.59 bits per heavy atom. The first-order chi connectivity index (χ1) is 14.2. The number of methoxy groups -OCH3 is 2. The van der Waals surface area contributed by atoms with Crippen molar-refractivity contribution >= 4 is 11.7 Å². The molecule has 0 radical (unpaired) electrons. The molecule has 29 heavy (non-hydrogen) atoms. The molecule has 3 aromatic rings. The van der Waals surface area contributed by atoms with Gasteiger partial charge in [-0.25, -0.2) is 4.63 Å². The minimum Gasteiger partial charge on any atom is -0.493 e. The van der Waals surface area contributed by atoms with Gasteiger partial charge in [-0.05, 0) is 47.1 Å². The molecule has 0 fully saturated rings. The van der Waals surface area contributed by atoms with Crippen LogP contribution in [0.3, 0.4) is 0 Å². The number of aromatic nitrogens is 2. The Hall–Kier alpha value is -3.55. The smallest absolute Gasteiger partial charge is 0.260 e. The lowest BCUT2D eigenvalue weighted by atomic mass is 10.1. The second-order valence-corrected chi connectivity index (χ2v) is 6.18. The maximum absolute atomic E-state index is 12.8. The number of nitrogens with zero attached hydrogens (tertiary/aromatic N) is 2. The fourth-order valence-electron chi connectivity index (χ4n) is 2.72. The summed E-state index contributed by atoms with van der Waals surface area (Å²) in [4.78, 5) is 12.8. The van der Waals surface area contributed by atoms with Gasteiger partial charge >= 0.3 is 0 Å². The van der Waals surface area contributed by atoms with Crippen LogP contribution in [0, 0.1) is 0 Å². The van der Waals surface area contributed by atoms with Crippen molar-refractivity contribution in [1.82, 2.24) is 10.3 Å². The largest absolute Gasteiger partial charge is 0.493 e. The third kappa shape index (κ3) is 4.66. The van der Waals surface area contributed by atoms with Crippen LogP contribution in [-0.2, 0) is 0 Å². The van der Waals surface area contributed by atoms with Crippen LogP contribution < -0.4 is 19.5 Å². The zero-order chi connectivity index (χ0) is 20.6. The van der Waals surface area contributed by atoms with Crippen molar-refractivity contribution in [2.75, 3.05) is 26.1 Å². The fourth-order valence-corrected chi connectivity index (χ4v) is 2.72. The highest BCUT2D eigenvalue weighted by Crippen LogP contribution is 2.34. The van der Waals surface area contributed by atoms with Gasteiger partial charge in [0.2, 0.25) is 5.82 Å². The van der Waals surface area contributed by atoms with Crippen LogP contribution in [0.25, 0.3) is 11.3 Å². The summed E-state index contributed by atoms with van der Waals surface area (Å²) in [7, 11) is 3.10. The van der Waals surface area contributed by atoms with Crippen molar-refractivity contribution in [3.8, 4) is 28.5 Å². The molecule has 0 saturated heterocycles. The lowest BCUT2D eigenvalue weighted by Gasteiger charge is -2.11. The Morgan fingerprint density at radius 2 is 1.83 bits per heavy atom. The first-order valence-electron chi connectivity index (χ1n) is 9.26. The molecule has 0 aliphatic rings. The van der Waals surface area contributed by atoms with E-state index in [2.05, 4.69) is 22.6 Å². The van der Waals surface area contributed by atoms with Gasteiger partial charge in [-0.2, -0.15) is 0 Å². The summed E-state index contributed by atoms with van der Waals surface area (Å²) in [6, 6.07) is 12.3. The van der Waals surface area contributed by atoms with Crippen LogP contribution in [0.5, 0.6) is 17.2 Å². The van der Waals surface area contributed by atoms with Crippen molar-refractivity contribution in [3.05, 3.63) is 48.0 Å². The Balaban J connectivity index is 1.83. The quantitative estimate of drug-likeness (QED) is 0.541. The van der Waals surface area contributed by atoms with Crippen LogP contribution in [0.1, 0.15) is 30.1 Å². The van der Waals surface area contributed by atoms with Gasteiger partial charge in [0.15, 0.2) is 17.2 Å². The summed E-state index contributed by atoms with van der Waals surface area (Å²) in [5.41, 5.74) is 1.44. The van der Waals surface area contributed by atoms with Crippen molar-refractivity contribution < 1.29 is 23.6 Å². The molecular weight excluding hydrogens is 374 g/mol. The molecule has 0 unspecified atom stereocenters. The van der Waals surface area contributed by atoms with Crippen LogP contribution in [0.4, 0.5) is 5.82 Å². The zero-order valence-electron chi connectivity index (χ0n) is 16.6. The van der Waals surface area contributed by atoms with Gasteiger partial charge < -0.3 is 19.5 Å². The molecule has 0 spiro atoms. The van der Waals surface area contributed by atoms with Crippen molar-refractivity contribution in [2.45, 2.75) is 19.8 Å². The number of amides is 1. The van der Waals surface area contributed by atoms with Gasteiger partial charge in [-0.15, -0.1) is 0 Å². The second-order valence-electron chi connectivity index (χ2n) is 6.18. The van der Waals surface area contributed by atoms with Crippen LogP contribution in [0.2, 0.25) is 0 Å². The number of hydrogen-bond donors (Lipinski definition) is 1. The molecule has 152 valence electrons. The second kappa shape index (κ2) is 9.59. The number of rotatable bonds is 9. The summed E-state index contributed by atoms with van der Waals surface area (Å²) in [5.74, 6) is 1.46. The molecule has 0 aliphatic heterocycles. The molecule has 1 heterocycles. The summed E-state index contributed by atoms with van der Waals surface area (Å²) >= 11 is 0. The number of hydrogen-bond acceptors (Lipinski definition) is 7. The number of carbonyl (C=O) groups is 1. The highest BCUT2D eigenvalue weighted by Gasteiger charge is 2.19. The van der Waals surface area contributed by atoms with Gasteiger partial charge in [0.1, 0.15) is 5.75 Å². The lowest BCUT2D eigenvalue weighted by molar-refractivity contribution is 0.102. The van der Waals surface area contributed by atoms with E-state index in [9.17, 15) is 4.79 Å². The van der Waals surface area contributed by atoms with Crippen LogP contribution in [-0.4, -0.2) is 37.0 Å². The van der Waals surface area contributed by atoms with E-state index in [-0.39, 0.29) is 11.7 Å². The van der Waals surface area contributed by atoms with E-state index in [1.54, 1.807) is 50.6 Å². The van der Waals surface area contributed by atoms with E-state index < -0.39 is 0 Å². The average Bonchev–Trinajstić information content (AvgIpc) is 3.21. The van der Waals surface area contributed by atoms with Crippen molar-refractivity contribution in [3.63, 3.8) is 0 Å². The van der Waals surface area contributed by atoms with E-state index in [4.69, 9.17) is 18.8 Å². The molecule has 8 heteroatoms. The fraction of sp³-hybridized carbons (Fsp3) is 0.286. The summed E-state index contributed by atoms with van der Waals surface area (Å²) < 4.78 is 21.2. The van der Waals surface area contributed by atoms with Crippen molar-refractivity contribution in [2.24, 2.45) is 0 Å². The van der Waals surface area contributed by atoms with Crippen molar-refractivity contribution in [1.29, 1.82) is 0 Å². The maximum Gasteiger partial charge on any atom is 0.260 e. The predicted octanol–water partition coefficient (Wildman–Crippen LogP) is 4.19. The highest BCUT2D eigenvalue weighted by atomic mass is 16.6. The number of para-hydroxylation sites is 1. The van der Waals surface area contributed by atoms with Gasteiger partial charge in [-0.1, -0.05) is 25.5 Å². The Kier molecular flexibility index (Phi) is 6.67. The monoisotopic (exact) mass is 397 g/mol. The molecule has 2 aromatic carbocycles. The van der Waals surface area contributed by atoms with E-state index in [0.717, 1.165) is 12.8 Å². The number of anilines is 1. The average molecular weight is 397 g/mol. The zero-order valence-corrected chi connectivity index (χ0v) is 16.6. The van der Waals surface area contributed by atoms with Crippen LogP contribution in [0.15, 0.2) is 47.1 Å². The van der Waals surface area contributed by atoms with Gasteiger partial charge in [-0.3, -0.25) is 4.79 Å². The summed E-state index contributed by atoms with van der Waals surface area (Å²) in [6.45, 7) is 2.62. The minimum absolute atomic E-state index is 0.200. The molecular formula is C21H23N3O5. The number of nitrogens with one attached hydrogen (secondary N) is 1. The molecule has 0 bridgehead atoms. The molecule has 0 atom stereocenters. The normalized spacial score (nSPS) is 10.4. The molecule has 3 rings (SSSR count). The molecule has 0 aliphatic carbocycles. The van der Waals surface area contributed by atoms with E-state index in [1.807, 2.05) is 6.07 Å². The third-order valence-electron chi connectivity index (χ3n) is 4.26. The van der Waals surface area contributed by atoms with Gasteiger partial charge in [0.05, 0.1) is 26.4 Å². The van der Waals surface area contributed by atoms with Gasteiger partial charge in [0, 0.05) is 5.56 Å². The lowest BCUT2D eigenvalue weighted by Crippen LogP contribution is -2.14. The Bertz CT molecular complexity index is 970. The molecule has 1 N–H and O–H groups in total. The standard InChI is InChI=1S/C21H23N3O5/c1-4-5-12-28-16-9-7-6-8-15(16)21(25)22-20-19(23-29-24-20)14-10-11-17(26-2)18(13-14)27-3/h6-11,13H,4-5,12H2,1-3H3,(H,22,24,25). The molecule has 0 saturated carbocycles. The van der Waals surface area contributed by atoms with E-state index >= 15 is 0 Å². The number of carbonyl (C=O) groups excluding carboxylic acids is 1. The topological polar surface area (TPSA) is 95.7 Å². The number of ether oxygens (including phenoxy) is 3. The Morgan fingerprint density at radius 1 is 1.03 bits per heavy atom. The van der Waals surface area contributed by atoms with E-state index in [0.29, 0.717) is 40.7 Å². The number of unbranched alkanes of at least 4 members (excludes halogenated alkanes) is 1. The third-order valence-corrected chi connectivity index (χ3v) is 4.26. The van der Waals surface area contributed by atoms with E-state index in [1.165, 1.54) is 0 Å². The van der Waals surface area contributed by atoms with Crippen LogP contribution >= 0.6 is 0 Å². The molecule has 1 amide bonds. The summed E-state index contributed by atoms with van der Waals surface area (Å²) in [6.07, 6.45) is 1.92. The number of benzene rings is 2. The molecule has 1 aromatic heterocycles. The predicted molar refractivity (Wildman–Crippen MR) is 108 cm³/mol. The minimum atomic E-state index is -0.366. The van der Waals surface area contributed by atoms with Gasteiger partial charge in [0.25, 0.3) is 5.91 Å². The summed E-state index contributed by atoms with van der Waals surface area (Å²) in [5, 5.41) is 10.5. The maximum atomic E-state index is 12.8. The molecule has 8 nitrogen and oxygen atoms in total. The first-order valence-corrected chi connectivity index (χ1v) is 9.26. The first kappa shape index (κ1) is 20.2. The SMILES string of the molecule is CCCCOc1ccccc1C(=O)Nc1nonc1-c1ccc(OC)c(OC)c1.